The highest BCUT2D eigenvalue weighted by atomic mass is 19.3. The third-order valence-electron chi connectivity index (χ3n) is 2.97. The van der Waals surface area contributed by atoms with Crippen LogP contribution in [0, 0.1) is 0 Å². The first-order valence-corrected chi connectivity index (χ1v) is 7.64. The second kappa shape index (κ2) is 8.81. The summed E-state index contributed by atoms with van der Waals surface area (Å²) in [7, 11) is 0. The number of nitrogens with zero attached hydrogens (tertiary/aromatic N) is 1. The highest BCUT2D eigenvalue weighted by Gasteiger charge is 2.10. The van der Waals surface area contributed by atoms with Crippen LogP contribution in [0.2, 0.25) is 0 Å². The van der Waals surface area contributed by atoms with E-state index in [1.165, 1.54) is 12.1 Å². The summed E-state index contributed by atoms with van der Waals surface area (Å²) in [6.07, 6.45) is 1.50. The van der Waals surface area contributed by atoms with Gasteiger partial charge in [0.15, 0.2) is 0 Å². The van der Waals surface area contributed by atoms with Crippen molar-refractivity contribution in [2.24, 2.45) is 0 Å². The predicted octanol–water partition coefficient (Wildman–Crippen LogP) is 3.79. The summed E-state index contributed by atoms with van der Waals surface area (Å²) < 4.78 is 34.0. The Bertz CT molecular complexity index is 694. The van der Waals surface area contributed by atoms with Crippen LogP contribution >= 0.6 is 0 Å². The second-order valence-electron chi connectivity index (χ2n) is 5.35. The van der Waals surface area contributed by atoms with Crippen molar-refractivity contribution < 1.29 is 23.0 Å². The number of pyridine rings is 1. The van der Waals surface area contributed by atoms with E-state index in [1.807, 2.05) is 13.8 Å². The van der Waals surface area contributed by atoms with Gasteiger partial charge < -0.3 is 20.1 Å². The number of ether oxygens (including phenoxy) is 2. The molecule has 0 radical (unpaired) electrons. The fourth-order valence-electron chi connectivity index (χ4n) is 1.94. The van der Waals surface area contributed by atoms with Gasteiger partial charge in [0, 0.05) is 12.7 Å². The molecule has 0 aliphatic heterocycles. The van der Waals surface area contributed by atoms with Gasteiger partial charge in [-0.25, -0.2) is 9.78 Å². The summed E-state index contributed by atoms with van der Waals surface area (Å²) in [6.45, 7) is 1.08. The molecule has 25 heavy (non-hydrogen) atoms. The first-order chi connectivity index (χ1) is 11.9. The Balaban J connectivity index is 1.89. The van der Waals surface area contributed by atoms with E-state index < -0.39 is 12.6 Å². The number of nitrogens with one attached hydrogen (secondary N) is 2. The normalized spacial score (nSPS) is 10.6. The first-order valence-electron chi connectivity index (χ1n) is 7.64. The fourth-order valence-corrected chi connectivity index (χ4v) is 1.94. The molecule has 0 unspecified atom stereocenters. The van der Waals surface area contributed by atoms with Crippen molar-refractivity contribution >= 4 is 11.7 Å². The van der Waals surface area contributed by atoms with Gasteiger partial charge in [0.2, 0.25) is 5.88 Å². The van der Waals surface area contributed by atoms with Crippen LogP contribution in [0.1, 0.15) is 19.4 Å². The van der Waals surface area contributed by atoms with Crippen molar-refractivity contribution in [1.29, 1.82) is 0 Å². The van der Waals surface area contributed by atoms with E-state index in [9.17, 15) is 13.6 Å². The number of carbonyl (C=O) groups excluding carboxylic acids is 1. The lowest BCUT2D eigenvalue weighted by molar-refractivity contribution is -0.0498. The van der Waals surface area contributed by atoms with Gasteiger partial charge in [0.05, 0.1) is 6.10 Å². The topological polar surface area (TPSA) is 72.5 Å². The Morgan fingerprint density at radius 2 is 1.88 bits per heavy atom. The van der Waals surface area contributed by atoms with E-state index in [0.717, 1.165) is 5.56 Å². The molecule has 0 fully saturated rings. The average Bonchev–Trinajstić information content (AvgIpc) is 2.55. The maximum absolute atomic E-state index is 12.1. The van der Waals surface area contributed by atoms with Gasteiger partial charge in [-0.3, -0.25) is 0 Å². The standard InChI is InChI=1S/C17H19F2N3O3/c1-11(2)24-15-14(4-3-9-20-15)22-17(23)21-10-12-5-7-13(8-6-12)25-16(18)19/h3-9,11,16H,10H2,1-2H3,(H2,21,22,23). The zero-order valence-electron chi connectivity index (χ0n) is 13.8. The number of rotatable bonds is 7. The maximum atomic E-state index is 12.1. The van der Waals surface area contributed by atoms with Gasteiger partial charge in [-0.2, -0.15) is 8.78 Å². The lowest BCUT2D eigenvalue weighted by Crippen LogP contribution is -2.28. The number of urea groups is 1. The number of carbonyl (C=O) groups is 1. The van der Waals surface area contributed by atoms with E-state index in [4.69, 9.17) is 4.74 Å². The van der Waals surface area contributed by atoms with Gasteiger partial charge in [-0.05, 0) is 43.7 Å². The predicted molar refractivity (Wildman–Crippen MR) is 88.9 cm³/mol. The van der Waals surface area contributed by atoms with Crippen LogP contribution < -0.4 is 20.1 Å². The third-order valence-corrected chi connectivity index (χ3v) is 2.97. The Morgan fingerprint density at radius 3 is 2.52 bits per heavy atom. The Kier molecular flexibility index (Phi) is 6.50. The summed E-state index contributed by atoms with van der Waals surface area (Å²) in [5.74, 6) is 0.398. The van der Waals surface area contributed by atoms with E-state index in [2.05, 4.69) is 20.4 Å². The van der Waals surface area contributed by atoms with Gasteiger partial charge in [-0.15, -0.1) is 0 Å². The summed E-state index contributed by atoms with van der Waals surface area (Å²) in [5, 5.41) is 5.33. The smallest absolute Gasteiger partial charge is 0.387 e. The van der Waals surface area contributed by atoms with E-state index in [-0.39, 0.29) is 18.4 Å². The van der Waals surface area contributed by atoms with Crippen LogP contribution in [0.5, 0.6) is 11.6 Å². The molecule has 6 nitrogen and oxygen atoms in total. The van der Waals surface area contributed by atoms with Crippen LogP contribution in [-0.2, 0) is 6.54 Å². The molecule has 2 rings (SSSR count). The number of alkyl halides is 2. The van der Waals surface area contributed by atoms with Crippen LogP contribution in [0.15, 0.2) is 42.6 Å². The zero-order valence-corrected chi connectivity index (χ0v) is 13.8. The lowest BCUT2D eigenvalue weighted by Gasteiger charge is -2.14. The molecule has 2 amide bonds. The van der Waals surface area contributed by atoms with Crippen molar-refractivity contribution in [2.75, 3.05) is 5.32 Å². The molecule has 0 bridgehead atoms. The molecule has 0 aliphatic carbocycles. The number of hydrogen-bond acceptors (Lipinski definition) is 4. The van der Waals surface area contributed by atoms with E-state index in [1.54, 1.807) is 30.5 Å². The average molecular weight is 351 g/mol. The minimum atomic E-state index is -2.86. The van der Waals surface area contributed by atoms with Crippen molar-refractivity contribution in [2.45, 2.75) is 33.1 Å². The van der Waals surface area contributed by atoms with Crippen molar-refractivity contribution in [3.05, 3.63) is 48.2 Å². The molecule has 1 heterocycles. The Labute approximate surface area is 144 Å². The number of hydrogen-bond donors (Lipinski definition) is 2. The number of halogens is 2. The summed E-state index contributed by atoms with van der Waals surface area (Å²) >= 11 is 0. The summed E-state index contributed by atoms with van der Waals surface area (Å²) in [6, 6.07) is 8.94. The summed E-state index contributed by atoms with van der Waals surface area (Å²) in [4.78, 5) is 16.1. The highest BCUT2D eigenvalue weighted by Crippen LogP contribution is 2.21. The largest absolute Gasteiger partial charge is 0.473 e. The van der Waals surface area contributed by atoms with Crippen LogP contribution in [-0.4, -0.2) is 23.7 Å². The quantitative estimate of drug-likeness (QED) is 0.796. The van der Waals surface area contributed by atoms with E-state index in [0.29, 0.717) is 11.6 Å². The minimum absolute atomic E-state index is 0.0639. The van der Waals surface area contributed by atoms with Crippen molar-refractivity contribution in [3.63, 3.8) is 0 Å². The second-order valence-corrected chi connectivity index (χ2v) is 5.35. The molecule has 134 valence electrons. The molecule has 0 aliphatic rings. The molecule has 2 aromatic rings. The number of anilines is 1. The molecule has 0 saturated carbocycles. The van der Waals surface area contributed by atoms with Crippen LogP contribution in [0.4, 0.5) is 19.3 Å². The molecule has 0 atom stereocenters. The minimum Gasteiger partial charge on any atom is -0.473 e. The molecular weight excluding hydrogens is 332 g/mol. The molecular formula is C17H19F2N3O3. The highest BCUT2D eigenvalue weighted by molar-refractivity contribution is 5.90. The van der Waals surface area contributed by atoms with Crippen molar-refractivity contribution in [3.8, 4) is 11.6 Å². The zero-order chi connectivity index (χ0) is 18.2. The molecule has 0 saturated heterocycles. The molecule has 0 spiro atoms. The Morgan fingerprint density at radius 1 is 1.16 bits per heavy atom. The Hall–Kier alpha value is -2.90. The lowest BCUT2D eigenvalue weighted by atomic mass is 10.2. The van der Waals surface area contributed by atoms with Gasteiger partial charge >= 0.3 is 12.6 Å². The van der Waals surface area contributed by atoms with Crippen LogP contribution in [0.3, 0.4) is 0 Å². The van der Waals surface area contributed by atoms with Crippen LogP contribution in [0.25, 0.3) is 0 Å². The molecule has 1 aromatic carbocycles. The monoisotopic (exact) mass is 351 g/mol. The summed E-state index contributed by atoms with van der Waals surface area (Å²) in [5.41, 5.74) is 1.19. The third kappa shape index (κ3) is 6.25. The first kappa shape index (κ1) is 18.4. The number of amides is 2. The SMILES string of the molecule is CC(C)Oc1ncccc1NC(=O)NCc1ccc(OC(F)F)cc1. The molecule has 1 aromatic heterocycles. The number of aromatic nitrogens is 1. The van der Waals surface area contributed by atoms with Gasteiger partial charge in [0.1, 0.15) is 11.4 Å². The van der Waals surface area contributed by atoms with E-state index >= 15 is 0 Å². The van der Waals surface area contributed by atoms with Crippen molar-refractivity contribution in [1.82, 2.24) is 10.3 Å². The maximum Gasteiger partial charge on any atom is 0.387 e. The molecule has 2 N–H and O–H groups in total. The molecule has 8 heteroatoms. The van der Waals surface area contributed by atoms with Gasteiger partial charge in [-0.1, -0.05) is 12.1 Å². The fraction of sp³-hybridized carbons (Fsp3) is 0.294. The number of benzene rings is 1. The van der Waals surface area contributed by atoms with Gasteiger partial charge in [0.25, 0.3) is 0 Å².